The van der Waals surface area contributed by atoms with Crippen LogP contribution in [0, 0.1) is 11.3 Å². The minimum atomic E-state index is 0.175. The summed E-state index contributed by atoms with van der Waals surface area (Å²) in [6, 6.07) is 9.82. The summed E-state index contributed by atoms with van der Waals surface area (Å²) in [4.78, 5) is 4.57. The fourth-order valence-electron chi connectivity index (χ4n) is 1.65. The van der Waals surface area contributed by atoms with Crippen molar-refractivity contribution < 1.29 is 0 Å². The first kappa shape index (κ1) is 12.7. The van der Waals surface area contributed by atoms with Gasteiger partial charge in [-0.2, -0.15) is 5.26 Å². The SMILES string of the molecule is CCC(N)Cc1nc(-c2cccc(C#N)c2)cs1. The van der Waals surface area contributed by atoms with Gasteiger partial charge in [-0.3, -0.25) is 0 Å². The molecule has 0 aliphatic carbocycles. The summed E-state index contributed by atoms with van der Waals surface area (Å²) in [5.41, 5.74) is 8.50. The molecule has 18 heavy (non-hydrogen) atoms. The first-order valence-electron chi connectivity index (χ1n) is 5.93. The van der Waals surface area contributed by atoms with Crippen LogP contribution in [0.3, 0.4) is 0 Å². The van der Waals surface area contributed by atoms with Gasteiger partial charge in [0, 0.05) is 23.4 Å². The highest BCUT2D eigenvalue weighted by Crippen LogP contribution is 2.23. The molecule has 1 heterocycles. The molecule has 0 saturated carbocycles. The van der Waals surface area contributed by atoms with E-state index in [2.05, 4.69) is 18.0 Å². The topological polar surface area (TPSA) is 62.7 Å². The Morgan fingerprint density at radius 3 is 3.06 bits per heavy atom. The molecule has 0 saturated heterocycles. The molecule has 3 nitrogen and oxygen atoms in total. The number of nitriles is 1. The lowest BCUT2D eigenvalue weighted by atomic mass is 10.1. The third-order valence-corrected chi connectivity index (χ3v) is 3.67. The molecular weight excluding hydrogens is 242 g/mol. The number of aromatic nitrogens is 1. The van der Waals surface area contributed by atoms with Crippen molar-refractivity contribution in [1.29, 1.82) is 5.26 Å². The van der Waals surface area contributed by atoms with Gasteiger partial charge in [0.1, 0.15) is 0 Å². The number of nitrogens with two attached hydrogens (primary N) is 1. The number of benzene rings is 1. The van der Waals surface area contributed by atoms with E-state index >= 15 is 0 Å². The normalized spacial score (nSPS) is 12.1. The highest BCUT2D eigenvalue weighted by Gasteiger charge is 2.08. The molecule has 2 aromatic rings. The van der Waals surface area contributed by atoms with Crippen molar-refractivity contribution in [3.63, 3.8) is 0 Å². The van der Waals surface area contributed by atoms with Gasteiger partial charge in [0.05, 0.1) is 22.3 Å². The second kappa shape index (κ2) is 5.76. The van der Waals surface area contributed by atoms with E-state index in [0.29, 0.717) is 5.56 Å². The largest absolute Gasteiger partial charge is 0.327 e. The summed E-state index contributed by atoms with van der Waals surface area (Å²) in [7, 11) is 0. The van der Waals surface area contributed by atoms with Gasteiger partial charge in [0.2, 0.25) is 0 Å². The maximum Gasteiger partial charge on any atom is 0.0991 e. The van der Waals surface area contributed by atoms with E-state index < -0.39 is 0 Å². The molecule has 0 aliphatic rings. The second-order valence-electron chi connectivity index (χ2n) is 4.19. The van der Waals surface area contributed by atoms with E-state index in [1.807, 2.05) is 23.6 Å². The quantitative estimate of drug-likeness (QED) is 0.916. The van der Waals surface area contributed by atoms with Gasteiger partial charge in [-0.15, -0.1) is 11.3 Å². The van der Waals surface area contributed by atoms with Gasteiger partial charge in [-0.25, -0.2) is 4.98 Å². The zero-order valence-corrected chi connectivity index (χ0v) is 11.1. The molecule has 1 unspecified atom stereocenters. The smallest absolute Gasteiger partial charge is 0.0991 e. The van der Waals surface area contributed by atoms with E-state index in [1.165, 1.54) is 0 Å². The minimum Gasteiger partial charge on any atom is -0.327 e. The predicted octanol–water partition coefficient (Wildman–Crippen LogP) is 2.96. The fourth-order valence-corrected chi connectivity index (χ4v) is 2.55. The molecule has 0 radical (unpaired) electrons. The average molecular weight is 257 g/mol. The molecule has 0 bridgehead atoms. The van der Waals surface area contributed by atoms with E-state index in [9.17, 15) is 0 Å². The first-order valence-corrected chi connectivity index (χ1v) is 6.81. The van der Waals surface area contributed by atoms with Crippen LogP contribution in [0.25, 0.3) is 11.3 Å². The van der Waals surface area contributed by atoms with Gasteiger partial charge in [0.25, 0.3) is 0 Å². The van der Waals surface area contributed by atoms with Crippen LogP contribution < -0.4 is 5.73 Å². The van der Waals surface area contributed by atoms with Gasteiger partial charge >= 0.3 is 0 Å². The Kier molecular flexibility index (Phi) is 4.08. The number of thiazole rings is 1. The molecule has 0 spiro atoms. The predicted molar refractivity (Wildman–Crippen MR) is 74.2 cm³/mol. The summed E-state index contributed by atoms with van der Waals surface area (Å²) in [5.74, 6) is 0. The monoisotopic (exact) mass is 257 g/mol. The third-order valence-electron chi connectivity index (χ3n) is 2.80. The molecule has 2 rings (SSSR count). The Labute approximate surface area is 111 Å². The van der Waals surface area contributed by atoms with Gasteiger partial charge in [0.15, 0.2) is 0 Å². The Morgan fingerprint density at radius 1 is 1.50 bits per heavy atom. The van der Waals surface area contributed by atoms with Crippen molar-refractivity contribution in [3.05, 3.63) is 40.2 Å². The summed E-state index contributed by atoms with van der Waals surface area (Å²) in [5, 5.41) is 12.0. The van der Waals surface area contributed by atoms with Crippen LogP contribution >= 0.6 is 11.3 Å². The lowest BCUT2D eigenvalue weighted by Gasteiger charge is -2.04. The second-order valence-corrected chi connectivity index (χ2v) is 5.13. The molecule has 1 atom stereocenters. The number of rotatable bonds is 4. The van der Waals surface area contributed by atoms with Crippen LogP contribution in [0.15, 0.2) is 29.6 Å². The maximum absolute atomic E-state index is 8.88. The highest BCUT2D eigenvalue weighted by molar-refractivity contribution is 7.09. The van der Waals surface area contributed by atoms with Crippen LogP contribution in [0.4, 0.5) is 0 Å². The summed E-state index contributed by atoms with van der Waals surface area (Å²) >= 11 is 1.63. The van der Waals surface area contributed by atoms with Crippen LogP contribution in [-0.4, -0.2) is 11.0 Å². The van der Waals surface area contributed by atoms with Crippen molar-refractivity contribution in [2.24, 2.45) is 5.73 Å². The van der Waals surface area contributed by atoms with Crippen LogP contribution in [0.5, 0.6) is 0 Å². The van der Waals surface area contributed by atoms with Gasteiger partial charge in [-0.05, 0) is 18.6 Å². The summed E-state index contributed by atoms with van der Waals surface area (Å²) in [6.07, 6.45) is 1.78. The Morgan fingerprint density at radius 2 is 2.33 bits per heavy atom. The molecule has 2 N–H and O–H groups in total. The Bertz CT molecular complexity index is 568. The lowest BCUT2D eigenvalue weighted by molar-refractivity contribution is 0.644. The molecule has 4 heteroatoms. The van der Waals surface area contributed by atoms with E-state index in [4.69, 9.17) is 11.0 Å². The third kappa shape index (κ3) is 2.95. The molecule has 0 amide bonds. The number of nitrogens with zero attached hydrogens (tertiary/aromatic N) is 2. The maximum atomic E-state index is 8.88. The van der Waals surface area contributed by atoms with E-state index in [1.54, 1.807) is 17.4 Å². The Balaban J connectivity index is 2.21. The minimum absolute atomic E-state index is 0.175. The molecule has 92 valence electrons. The Hall–Kier alpha value is -1.70. The van der Waals surface area contributed by atoms with Crippen molar-refractivity contribution in [2.45, 2.75) is 25.8 Å². The number of hydrogen-bond acceptors (Lipinski definition) is 4. The summed E-state index contributed by atoms with van der Waals surface area (Å²) in [6.45, 7) is 2.08. The summed E-state index contributed by atoms with van der Waals surface area (Å²) < 4.78 is 0. The van der Waals surface area contributed by atoms with Crippen LogP contribution in [-0.2, 0) is 6.42 Å². The van der Waals surface area contributed by atoms with Crippen molar-refractivity contribution in [1.82, 2.24) is 4.98 Å². The van der Waals surface area contributed by atoms with E-state index in [-0.39, 0.29) is 6.04 Å². The molecule has 0 aliphatic heterocycles. The number of hydrogen-bond donors (Lipinski definition) is 1. The van der Waals surface area contributed by atoms with Crippen LogP contribution in [0.2, 0.25) is 0 Å². The zero-order chi connectivity index (χ0) is 13.0. The molecule has 1 aromatic heterocycles. The fraction of sp³-hybridized carbons (Fsp3) is 0.286. The highest BCUT2D eigenvalue weighted by atomic mass is 32.1. The molecular formula is C14H15N3S. The van der Waals surface area contributed by atoms with E-state index in [0.717, 1.165) is 29.1 Å². The zero-order valence-electron chi connectivity index (χ0n) is 10.3. The lowest BCUT2D eigenvalue weighted by Crippen LogP contribution is -2.21. The van der Waals surface area contributed by atoms with Crippen molar-refractivity contribution >= 4 is 11.3 Å². The van der Waals surface area contributed by atoms with Crippen molar-refractivity contribution in [2.75, 3.05) is 0 Å². The van der Waals surface area contributed by atoms with Gasteiger partial charge in [-0.1, -0.05) is 19.1 Å². The average Bonchev–Trinajstić information content (AvgIpc) is 2.87. The molecule has 0 fully saturated rings. The first-order chi connectivity index (χ1) is 8.72. The molecule has 1 aromatic carbocycles. The van der Waals surface area contributed by atoms with Crippen LogP contribution in [0.1, 0.15) is 23.9 Å². The standard InChI is InChI=1S/C14H15N3S/c1-2-12(16)7-14-17-13(9-18-14)11-5-3-4-10(6-11)8-15/h3-6,9,12H,2,7,16H2,1H3. The van der Waals surface area contributed by atoms with Gasteiger partial charge < -0.3 is 5.73 Å². The van der Waals surface area contributed by atoms with Crippen molar-refractivity contribution in [3.8, 4) is 17.3 Å².